The summed E-state index contributed by atoms with van der Waals surface area (Å²) in [7, 11) is 1.60. The summed E-state index contributed by atoms with van der Waals surface area (Å²) in [5, 5.41) is 10.1. The van der Waals surface area contributed by atoms with Crippen LogP contribution in [0.1, 0.15) is 5.56 Å². The summed E-state index contributed by atoms with van der Waals surface area (Å²) in [4.78, 5) is 11.4. The zero-order chi connectivity index (χ0) is 13.0. The van der Waals surface area contributed by atoms with Crippen molar-refractivity contribution in [2.75, 3.05) is 7.11 Å². The molecule has 0 spiro atoms. The van der Waals surface area contributed by atoms with Gasteiger partial charge in [0.2, 0.25) is 4.77 Å². The fourth-order valence-corrected chi connectivity index (χ4v) is 1.46. The van der Waals surface area contributed by atoms with Crippen molar-refractivity contribution in [3.63, 3.8) is 0 Å². The Bertz CT molecular complexity index is 644. The lowest BCUT2D eigenvalue weighted by Crippen LogP contribution is -2.18. The number of ether oxygens (including phenoxy) is 1. The van der Waals surface area contributed by atoms with Crippen LogP contribution in [-0.2, 0) is 0 Å². The van der Waals surface area contributed by atoms with E-state index in [1.807, 2.05) is 12.1 Å². The molecule has 1 heterocycles. The van der Waals surface area contributed by atoms with Crippen molar-refractivity contribution in [1.29, 1.82) is 0 Å². The van der Waals surface area contributed by atoms with E-state index in [2.05, 4.69) is 15.3 Å². The van der Waals surface area contributed by atoms with Gasteiger partial charge in [-0.05, 0) is 42.0 Å². The minimum atomic E-state index is -0.386. The van der Waals surface area contributed by atoms with Gasteiger partial charge in [-0.15, -0.1) is 0 Å². The Kier molecular flexibility index (Phi) is 3.63. The van der Waals surface area contributed by atoms with E-state index in [-0.39, 0.29) is 10.3 Å². The van der Waals surface area contributed by atoms with E-state index >= 15 is 0 Å². The highest BCUT2D eigenvalue weighted by Crippen LogP contribution is 2.09. The third-order valence-corrected chi connectivity index (χ3v) is 2.44. The second-order valence-corrected chi connectivity index (χ2v) is 3.73. The normalized spacial score (nSPS) is 10.7. The summed E-state index contributed by atoms with van der Waals surface area (Å²) in [6.07, 6.45) is 2.64. The van der Waals surface area contributed by atoms with Gasteiger partial charge in [0.25, 0.3) is 5.56 Å². The largest absolute Gasteiger partial charge is 0.497 e. The number of aromatic amines is 1. The number of hydrogen-bond acceptors (Lipinski definition) is 5. The predicted octanol–water partition coefficient (Wildman–Crippen LogP) is 1.19. The first-order chi connectivity index (χ1) is 8.70. The van der Waals surface area contributed by atoms with Gasteiger partial charge in [0, 0.05) is 0 Å². The monoisotopic (exact) mass is 262 g/mol. The van der Waals surface area contributed by atoms with E-state index in [9.17, 15) is 4.79 Å². The van der Waals surface area contributed by atoms with Gasteiger partial charge in [-0.25, -0.2) is 0 Å². The Balaban J connectivity index is 2.30. The molecule has 7 heteroatoms. The minimum absolute atomic E-state index is 0.146. The fraction of sp³-hybridized carbons (Fsp3) is 0.0909. The van der Waals surface area contributed by atoms with Crippen molar-refractivity contribution in [2.24, 2.45) is 5.10 Å². The molecule has 6 nitrogen and oxygen atoms in total. The summed E-state index contributed by atoms with van der Waals surface area (Å²) < 4.78 is 6.25. The van der Waals surface area contributed by atoms with E-state index in [1.54, 1.807) is 19.2 Å². The van der Waals surface area contributed by atoms with Gasteiger partial charge in [-0.1, -0.05) is 0 Å². The number of nitrogens with zero attached hydrogens (tertiary/aromatic N) is 3. The fourth-order valence-electron chi connectivity index (χ4n) is 1.27. The number of methoxy groups -OCH3 is 1. The summed E-state index contributed by atoms with van der Waals surface area (Å²) in [5.41, 5.74) is 0.442. The maximum atomic E-state index is 11.4. The van der Waals surface area contributed by atoms with E-state index in [0.29, 0.717) is 0 Å². The van der Waals surface area contributed by atoms with Crippen molar-refractivity contribution in [2.45, 2.75) is 0 Å². The molecule has 0 saturated carbocycles. The molecule has 1 aromatic heterocycles. The minimum Gasteiger partial charge on any atom is -0.497 e. The number of benzene rings is 1. The van der Waals surface area contributed by atoms with E-state index in [0.717, 1.165) is 22.2 Å². The van der Waals surface area contributed by atoms with Crippen LogP contribution in [0.2, 0.25) is 0 Å². The first-order valence-electron chi connectivity index (χ1n) is 5.06. The summed E-state index contributed by atoms with van der Waals surface area (Å²) in [6.45, 7) is 0. The lowest BCUT2D eigenvalue weighted by molar-refractivity contribution is 0.415. The molecule has 0 aliphatic carbocycles. The molecule has 1 aromatic carbocycles. The van der Waals surface area contributed by atoms with Crippen molar-refractivity contribution < 1.29 is 4.74 Å². The molecule has 0 amide bonds. The molecular formula is C11H10N4O2S. The zero-order valence-corrected chi connectivity index (χ0v) is 10.3. The van der Waals surface area contributed by atoms with Gasteiger partial charge in [-0.2, -0.15) is 14.9 Å². The second-order valence-electron chi connectivity index (χ2n) is 3.34. The molecule has 2 rings (SSSR count). The van der Waals surface area contributed by atoms with Crippen molar-refractivity contribution >= 4 is 18.4 Å². The average Bonchev–Trinajstić information content (AvgIpc) is 2.39. The Morgan fingerprint density at radius 1 is 1.44 bits per heavy atom. The molecular weight excluding hydrogens is 252 g/mol. The predicted molar refractivity (Wildman–Crippen MR) is 69.7 cm³/mol. The standard InChI is InChI=1S/C11H10N4O2S/c1-17-9-4-2-8(3-5-9)6-13-15-10(16)7-12-14-11(15)18/h2-7H,1H3,(H,14,18)/b13-6-. The average molecular weight is 262 g/mol. The van der Waals surface area contributed by atoms with Crippen LogP contribution in [0.4, 0.5) is 0 Å². The van der Waals surface area contributed by atoms with Gasteiger partial charge in [0.05, 0.1) is 13.3 Å². The number of nitrogens with one attached hydrogen (secondary N) is 1. The first kappa shape index (κ1) is 12.2. The molecule has 0 bridgehead atoms. The third-order valence-electron chi connectivity index (χ3n) is 2.17. The van der Waals surface area contributed by atoms with Crippen LogP contribution in [-0.4, -0.2) is 28.2 Å². The van der Waals surface area contributed by atoms with Gasteiger partial charge >= 0.3 is 0 Å². The molecule has 0 unspecified atom stereocenters. The Morgan fingerprint density at radius 2 is 2.17 bits per heavy atom. The molecule has 92 valence electrons. The number of H-pyrrole nitrogens is 1. The van der Waals surface area contributed by atoms with Crippen LogP contribution < -0.4 is 10.3 Å². The Morgan fingerprint density at radius 3 is 2.78 bits per heavy atom. The van der Waals surface area contributed by atoms with Crippen LogP contribution >= 0.6 is 12.2 Å². The Hall–Kier alpha value is -2.28. The highest BCUT2D eigenvalue weighted by molar-refractivity contribution is 7.71. The highest BCUT2D eigenvalue weighted by atomic mass is 32.1. The van der Waals surface area contributed by atoms with Crippen LogP contribution in [0.15, 0.2) is 40.4 Å². The maximum Gasteiger partial charge on any atom is 0.293 e. The van der Waals surface area contributed by atoms with Gasteiger partial charge < -0.3 is 4.74 Å². The quantitative estimate of drug-likeness (QED) is 0.666. The smallest absolute Gasteiger partial charge is 0.293 e. The van der Waals surface area contributed by atoms with Gasteiger partial charge in [0.1, 0.15) is 11.9 Å². The SMILES string of the molecule is COc1ccc(/C=N\n2c(=O)cn[nH]c2=S)cc1. The molecule has 0 radical (unpaired) electrons. The maximum absolute atomic E-state index is 11.4. The number of aromatic nitrogens is 3. The molecule has 0 saturated heterocycles. The number of rotatable bonds is 3. The van der Waals surface area contributed by atoms with Crippen LogP contribution in [0.25, 0.3) is 0 Å². The van der Waals surface area contributed by atoms with Crippen LogP contribution in [0.3, 0.4) is 0 Å². The van der Waals surface area contributed by atoms with E-state index < -0.39 is 0 Å². The molecule has 2 aromatic rings. The summed E-state index contributed by atoms with van der Waals surface area (Å²) in [5.74, 6) is 0.755. The molecule has 18 heavy (non-hydrogen) atoms. The molecule has 0 atom stereocenters. The lowest BCUT2D eigenvalue weighted by atomic mass is 10.2. The topological polar surface area (TPSA) is 72.3 Å². The first-order valence-corrected chi connectivity index (χ1v) is 5.46. The molecule has 0 fully saturated rings. The third kappa shape index (κ3) is 2.69. The van der Waals surface area contributed by atoms with E-state index in [1.165, 1.54) is 6.21 Å². The van der Waals surface area contributed by atoms with Crippen LogP contribution in [0.5, 0.6) is 5.75 Å². The van der Waals surface area contributed by atoms with Crippen molar-refractivity contribution in [1.82, 2.24) is 14.9 Å². The molecule has 1 N–H and O–H groups in total. The van der Waals surface area contributed by atoms with Gasteiger partial charge in [0.15, 0.2) is 0 Å². The molecule has 0 aliphatic heterocycles. The van der Waals surface area contributed by atoms with Crippen molar-refractivity contribution in [3.05, 3.63) is 51.2 Å². The second kappa shape index (κ2) is 5.37. The lowest BCUT2D eigenvalue weighted by Gasteiger charge is -1.99. The van der Waals surface area contributed by atoms with Gasteiger partial charge in [-0.3, -0.25) is 9.89 Å². The molecule has 0 aliphatic rings. The van der Waals surface area contributed by atoms with Crippen LogP contribution in [0, 0.1) is 4.77 Å². The highest BCUT2D eigenvalue weighted by Gasteiger charge is 1.95. The summed E-state index contributed by atoms with van der Waals surface area (Å²) in [6, 6.07) is 7.25. The Labute approximate surface area is 108 Å². The number of hydrogen-bond donors (Lipinski definition) is 1. The van der Waals surface area contributed by atoms with Crippen molar-refractivity contribution in [3.8, 4) is 5.75 Å². The summed E-state index contributed by atoms with van der Waals surface area (Å²) >= 11 is 4.91. The van der Waals surface area contributed by atoms with E-state index in [4.69, 9.17) is 17.0 Å². The zero-order valence-electron chi connectivity index (χ0n) is 9.53.